The molecule has 1 aromatic heterocycles. The van der Waals surface area contributed by atoms with E-state index in [4.69, 9.17) is 0 Å². The SMILES string of the molecule is CCCCCCCCCCCC(O)Cc1ccc(CC)s1. The number of thiophene rings is 1. The molecular weight excluding hydrogens is 276 g/mol. The quantitative estimate of drug-likeness (QED) is 0.434. The van der Waals surface area contributed by atoms with Gasteiger partial charge in [0.1, 0.15) is 0 Å². The van der Waals surface area contributed by atoms with Gasteiger partial charge in [-0.15, -0.1) is 11.3 Å². The van der Waals surface area contributed by atoms with Gasteiger partial charge in [0.05, 0.1) is 6.10 Å². The molecule has 1 rings (SSSR count). The molecule has 21 heavy (non-hydrogen) atoms. The summed E-state index contributed by atoms with van der Waals surface area (Å²) in [6.45, 7) is 4.46. The Balaban J connectivity index is 1.94. The first kappa shape index (κ1) is 18.7. The maximum absolute atomic E-state index is 10.1. The van der Waals surface area contributed by atoms with E-state index in [2.05, 4.69) is 26.0 Å². The minimum absolute atomic E-state index is 0.141. The maximum Gasteiger partial charge on any atom is 0.0588 e. The van der Waals surface area contributed by atoms with Crippen molar-refractivity contribution in [3.05, 3.63) is 21.9 Å². The van der Waals surface area contributed by atoms with Crippen LogP contribution in [0.25, 0.3) is 0 Å². The summed E-state index contributed by atoms with van der Waals surface area (Å²) in [5.74, 6) is 0. The molecule has 1 atom stereocenters. The lowest BCUT2D eigenvalue weighted by Crippen LogP contribution is -2.09. The summed E-state index contributed by atoms with van der Waals surface area (Å²) in [6.07, 6.45) is 14.9. The van der Waals surface area contributed by atoms with Crippen molar-refractivity contribution in [1.82, 2.24) is 0 Å². The Morgan fingerprint density at radius 3 is 2.00 bits per heavy atom. The van der Waals surface area contributed by atoms with Crippen LogP contribution in [0.1, 0.15) is 87.8 Å². The number of hydrogen-bond donors (Lipinski definition) is 1. The molecule has 1 nitrogen and oxygen atoms in total. The molecule has 0 radical (unpaired) electrons. The Labute approximate surface area is 135 Å². The molecule has 2 heteroatoms. The van der Waals surface area contributed by atoms with Crippen LogP contribution in [0.5, 0.6) is 0 Å². The largest absolute Gasteiger partial charge is 0.393 e. The van der Waals surface area contributed by atoms with Crippen molar-refractivity contribution in [3.8, 4) is 0 Å². The van der Waals surface area contributed by atoms with E-state index in [1.165, 1.54) is 67.5 Å². The van der Waals surface area contributed by atoms with Gasteiger partial charge in [-0.1, -0.05) is 71.6 Å². The Bertz CT molecular complexity index is 345. The van der Waals surface area contributed by atoms with Crippen molar-refractivity contribution in [3.63, 3.8) is 0 Å². The number of rotatable bonds is 13. The van der Waals surface area contributed by atoms with E-state index in [1.807, 2.05) is 11.3 Å². The Morgan fingerprint density at radius 1 is 0.857 bits per heavy atom. The second-order valence-corrected chi connectivity index (χ2v) is 7.45. The zero-order chi connectivity index (χ0) is 15.3. The first-order valence-electron chi connectivity index (χ1n) is 9.01. The van der Waals surface area contributed by atoms with Crippen molar-refractivity contribution in [2.24, 2.45) is 0 Å². The summed E-state index contributed by atoms with van der Waals surface area (Å²) < 4.78 is 0. The predicted octanol–water partition coefficient (Wildman–Crippen LogP) is 6.13. The molecule has 0 bridgehead atoms. The van der Waals surface area contributed by atoms with E-state index in [9.17, 15) is 5.11 Å². The van der Waals surface area contributed by atoms with E-state index in [0.29, 0.717) is 0 Å². The van der Waals surface area contributed by atoms with Gasteiger partial charge in [-0.25, -0.2) is 0 Å². The highest BCUT2D eigenvalue weighted by Crippen LogP contribution is 2.20. The standard InChI is InChI=1S/C19H34OS/c1-3-5-6-7-8-9-10-11-12-13-17(20)16-19-15-14-18(4-2)21-19/h14-15,17,20H,3-13,16H2,1-2H3. The third-order valence-corrected chi connectivity index (χ3v) is 5.40. The molecule has 0 aliphatic carbocycles. The molecule has 1 heterocycles. The second kappa shape index (κ2) is 12.2. The van der Waals surface area contributed by atoms with Crippen molar-refractivity contribution < 1.29 is 5.11 Å². The van der Waals surface area contributed by atoms with Crippen LogP contribution < -0.4 is 0 Å². The first-order chi connectivity index (χ1) is 10.3. The second-order valence-electron chi connectivity index (χ2n) is 6.20. The summed E-state index contributed by atoms with van der Waals surface area (Å²) >= 11 is 1.86. The van der Waals surface area contributed by atoms with Crippen LogP contribution in [0.2, 0.25) is 0 Å². The average Bonchev–Trinajstić information content (AvgIpc) is 2.93. The number of aliphatic hydroxyl groups is 1. The normalized spacial score (nSPS) is 12.7. The smallest absolute Gasteiger partial charge is 0.0588 e. The molecule has 0 fully saturated rings. The molecule has 0 aliphatic heterocycles. The van der Waals surface area contributed by atoms with Gasteiger partial charge in [0.25, 0.3) is 0 Å². The van der Waals surface area contributed by atoms with Crippen LogP contribution in [0.15, 0.2) is 12.1 Å². The minimum atomic E-state index is -0.141. The molecular formula is C19H34OS. The molecule has 1 N–H and O–H groups in total. The molecule has 0 amide bonds. The monoisotopic (exact) mass is 310 g/mol. The highest BCUT2D eigenvalue weighted by atomic mass is 32.1. The fraction of sp³-hybridized carbons (Fsp3) is 0.789. The van der Waals surface area contributed by atoms with E-state index >= 15 is 0 Å². The molecule has 1 aromatic rings. The summed E-state index contributed by atoms with van der Waals surface area (Å²) in [6, 6.07) is 4.38. The van der Waals surface area contributed by atoms with Crippen molar-refractivity contribution >= 4 is 11.3 Å². The number of unbranched alkanes of at least 4 members (excludes halogenated alkanes) is 8. The number of hydrogen-bond acceptors (Lipinski definition) is 2. The van der Waals surface area contributed by atoms with Gasteiger partial charge < -0.3 is 5.11 Å². The summed E-state index contributed by atoms with van der Waals surface area (Å²) in [7, 11) is 0. The van der Waals surface area contributed by atoms with Gasteiger partial charge >= 0.3 is 0 Å². The van der Waals surface area contributed by atoms with Crippen molar-refractivity contribution in [2.75, 3.05) is 0 Å². The fourth-order valence-corrected chi connectivity index (χ4v) is 3.78. The molecule has 0 spiro atoms. The van der Waals surface area contributed by atoms with Gasteiger partial charge in [-0.2, -0.15) is 0 Å². The lowest BCUT2D eigenvalue weighted by Gasteiger charge is -2.09. The van der Waals surface area contributed by atoms with Gasteiger partial charge in [0, 0.05) is 16.2 Å². The Hall–Kier alpha value is -0.340. The van der Waals surface area contributed by atoms with Crippen LogP contribution in [-0.2, 0) is 12.8 Å². The van der Waals surface area contributed by atoms with E-state index < -0.39 is 0 Å². The molecule has 122 valence electrons. The highest BCUT2D eigenvalue weighted by molar-refractivity contribution is 7.11. The third kappa shape index (κ3) is 9.31. The Morgan fingerprint density at radius 2 is 1.43 bits per heavy atom. The van der Waals surface area contributed by atoms with Crippen LogP contribution in [-0.4, -0.2) is 11.2 Å². The maximum atomic E-state index is 10.1. The van der Waals surface area contributed by atoms with E-state index in [1.54, 1.807) is 0 Å². The Kier molecular flexibility index (Phi) is 10.9. The van der Waals surface area contributed by atoms with Gasteiger partial charge in [-0.05, 0) is 25.0 Å². The fourth-order valence-electron chi connectivity index (χ4n) is 2.75. The van der Waals surface area contributed by atoms with Crippen molar-refractivity contribution in [2.45, 2.75) is 97.0 Å². The van der Waals surface area contributed by atoms with E-state index in [-0.39, 0.29) is 6.10 Å². The topological polar surface area (TPSA) is 20.2 Å². The lowest BCUT2D eigenvalue weighted by atomic mass is 10.0. The van der Waals surface area contributed by atoms with Crippen LogP contribution in [0.3, 0.4) is 0 Å². The third-order valence-electron chi connectivity index (χ3n) is 4.14. The van der Waals surface area contributed by atoms with Gasteiger partial charge in [-0.3, -0.25) is 0 Å². The van der Waals surface area contributed by atoms with Crippen molar-refractivity contribution in [1.29, 1.82) is 0 Å². The zero-order valence-electron chi connectivity index (χ0n) is 14.1. The predicted molar refractivity (Wildman–Crippen MR) is 95.3 cm³/mol. The summed E-state index contributed by atoms with van der Waals surface area (Å²) in [5, 5.41) is 10.1. The molecule has 0 saturated heterocycles. The lowest BCUT2D eigenvalue weighted by molar-refractivity contribution is 0.161. The molecule has 0 aliphatic rings. The summed E-state index contributed by atoms with van der Waals surface area (Å²) in [4.78, 5) is 2.77. The summed E-state index contributed by atoms with van der Waals surface area (Å²) in [5.41, 5.74) is 0. The molecule has 0 saturated carbocycles. The van der Waals surface area contributed by atoms with Gasteiger partial charge in [0.15, 0.2) is 0 Å². The highest BCUT2D eigenvalue weighted by Gasteiger charge is 2.07. The minimum Gasteiger partial charge on any atom is -0.393 e. The van der Waals surface area contributed by atoms with Crippen LogP contribution in [0, 0.1) is 0 Å². The van der Waals surface area contributed by atoms with E-state index in [0.717, 1.165) is 19.3 Å². The zero-order valence-corrected chi connectivity index (χ0v) is 14.9. The molecule has 0 aromatic carbocycles. The number of aliphatic hydroxyl groups excluding tert-OH is 1. The number of aryl methyl sites for hydroxylation is 1. The first-order valence-corrected chi connectivity index (χ1v) is 9.83. The van der Waals surface area contributed by atoms with Crippen LogP contribution in [0.4, 0.5) is 0 Å². The average molecular weight is 311 g/mol. The van der Waals surface area contributed by atoms with Gasteiger partial charge in [0.2, 0.25) is 0 Å². The molecule has 1 unspecified atom stereocenters. The van der Waals surface area contributed by atoms with Crippen LogP contribution >= 0.6 is 11.3 Å².